The van der Waals surface area contributed by atoms with Gasteiger partial charge in [0.15, 0.2) is 0 Å². The number of piperazine rings is 1. The van der Waals surface area contributed by atoms with Gasteiger partial charge in [0.2, 0.25) is 5.13 Å². The Morgan fingerprint density at radius 2 is 2.04 bits per heavy atom. The van der Waals surface area contributed by atoms with Crippen LogP contribution in [0.25, 0.3) is 0 Å². The van der Waals surface area contributed by atoms with Crippen molar-refractivity contribution in [3.05, 3.63) is 41.2 Å². The summed E-state index contributed by atoms with van der Waals surface area (Å²) >= 11 is 1.50. The van der Waals surface area contributed by atoms with Gasteiger partial charge in [-0.15, -0.1) is 0 Å². The van der Waals surface area contributed by atoms with E-state index in [1.807, 2.05) is 0 Å². The first-order valence-electron chi connectivity index (χ1n) is 8.09. The molecule has 1 aliphatic heterocycles. The Labute approximate surface area is 142 Å². The third-order valence-corrected chi connectivity index (χ3v) is 4.93. The quantitative estimate of drug-likeness (QED) is 0.812. The highest BCUT2D eigenvalue weighted by molar-refractivity contribution is 7.09. The second-order valence-corrected chi connectivity index (χ2v) is 6.72. The number of hydrogen-bond donors (Lipinski definition) is 0. The second kappa shape index (κ2) is 7.86. The summed E-state index contributed by atoms with van der Waals surface area (Å²) in [6.45, 7) is 8.04. The number of rotatable bonds is 6. The third-order valence-electron chi connectivity index (χ3n) is 4.12. The van der Waals surface area contributed by atoms with E-state index in [1.165, 1.54) is 22.7 Å². The minimum absolute atomic E-state index is 0.681. The van der Waals surface area contributed by atoms with Crippen molar-refractivity contribution < 1.29 is 4.74 Å². The molecule has 0 unspecified atom stereocenters. The molecule has 1 aromatic carbocycles. The molecule has 1 aromatic heterocycles. The molecule has 5 nitrogen and oxygen atoms in total. The molecular weight excluding hydrogens is 308 g/mol. The predicted molar refractivity (Wildman–Crippen MR) is 94.2 cm³/mol. The predicted octanol–water partition coefficient (Wildman–Crippen LogP) is 2.36. The van der Waals surface area contributed by atoms with Crippen molar-refractivity contribution in [2.75, 3.05) is 44.8 Å². The van der Waals surface area contributed by atoms with Gasteiger partial charge in [-0.1, -0.05) is 29.8 Å². The smallest absolute Gasteiger partial charge is 0.205 e. The fourth-order valence-electron chi connectivity index (χ4n) is 2.83. The fourth-order valence-corrected chi connectivity index (χ4v) is 3.60. The van der Waals surface area contributed by atoms with Crippen LogP contribution < -0.4 is 4.90 Å². The number of methoxy groups -OCH3 is 1. The molecule has 0 bridgehead atoms. The van der Waals surface area contributed by atoms with Crippen LogP contribution in [0.1, 0.15) is 17.0 Å². The molecule has 1 saturated heterocycles. The van der Waals surface area contributed by atoms with Gasteiger partial charge >= 0.3 is 0 Å². The van der Waals surface area contributed by atoms with Gasteiger partial charge in [0.25, 0.3) is 0 Å². The lowest BCUT2D eigenvalue weighted by Gasteiger charge is -2.34. The molecule has 1 aliphatic rings. The minimum Gasteiger partial charge on any atom is -0.384 e. The molecule has 0 saturated carbocycles. The van der Waals surface area contributed by atoms with Gasteiger partial charge in [0.1, 0.15) is 5.82 Å². The maximum absolute atomic E-state index is 5.08. The zero-order chi connectivity index (χ0) is 16.1. The van der Waals surface area contributed by atoms with Crippen LogP contribution >= 0.6 is 11.5 Å². The van der Waals surface area contributed by atoms with Crippen LogP contribution in [0.15, 0.2) is 24.3 Å². The molecule has 0 atom stereocenters. The van der Waals surface area contributed by atoms with Crippen LogP contribution in [0, 0.1) is 6.92 Å². The van der Waals surface area contributed by atoms with Gasteiger partial charge in [-0.05, 0) is 12.5 Å². The minimum atomic E-state index is 0.681. The van der Waals surface area contributed by atoms with Crippen molar-refractivity contribution in [2.45, 2.75) is 19.9 Å². The SMILES string of the molecule is COCCc1nsc(N2CCN(Cc3cccc(C)c3)CC2)n1. The van der Waals surface area contributed by atoms with Crippen LogP contribution in [0.5, 0.6) is 0 Å². The average molecular weight is 332 g/mol. The van der Waals surface area contributed by atoms with Crippen molar-refractivity contribution in [2.24, 2.45) is 0 Å². The van der Waals surface area contributed by atoms with Gasteiger partial charge in [-0.25, -0.2) is 4.98 Å². The van der Waals surface area contributed by atoms with Crippen molar-refractivity contribution in [1.29, 1.82) is 0 Å². The Morgan fingerprint density at radius 1 is 1.22 bits per heavy atom. The number of benzene rings is 1. The van der Waals surface area contributed by atoms with E-state index in [4.69, 9.17) is 4.74 Å². The van der Waals surface area contributed by atoms with Gasteiger partial charge in [-0.2, -0.15) is 4.37 Å². The van der Waals surface area contributed by atoms with E-state index in [0.29, 0.717) is 6.61 Å². The number of nitrogens with zero attached hydrogens (tertiary/aromatic N) is 4. The van der Waals surface area contributed by atoms with E-state index in [2.05, 4.69) is 50.3 Å². The molecule has 0 N–H and O–H groups in total. The second-order valence-electron chi connectivity index (χ2n) is 5.99. The fraction of sp³-hybridized carbons (Fsp3) is 0.529. The molecule has 2 aromatic rings. The van der Waals surface area contributed by atoms with E-state index in [-0.39, 0.29) is 0 Å². The highest BCUT2D eigenvalue weighted by Gasteiger charge is 2.20. The standard InChI is InChI=1S/C17H24N4OS/c1-14-4-3-5-15(12-14)13-20-7-9-21(10-8-20)17-18-16(19-23-17)6-11-22-2/h3-5,12H,6-11,13H2,1-2H3. The summed E-state index contributed by atoms with van der Waals surface area (Å²) in [5, 5.41) is 1.05. The third kappa shape index (κ3) is 4.50. The van der Waals surface area contributed by atoms with Crippen molar-refractivity contribution >= 4 is 16.7 Å². The molecule has 124 valence electrons. The number of ether oxygens (including phenoxy) is 1. The van der Waals surface area contributed by atoms with E-state index in [0.717, 1.165) is 50.1 Å². The summed E-state index contributed by atoms with van der Waals surface area (Å²) < 4.78 is 9.50. The summed E-state index contributed by atoms with van der Waals surface area (Å²) in [7, 11) is 1.71. The largest absolute Gasteiger partial charge is 0.384 e. The zero-order valence-electron chi connectivity index (χ0n) is 13.9. The lowest BCUT2D eigenvalue weighted by atomic mass is 10.1. The molecule has 0 amide bonds. The average Bonchev–Trinajstić information content (AvgIpc) is 3.02. The van der Waals surface area contributed by atoms with Crippen LogP contribution in [-0.2, 0) is 17.7 Å². The molecular formula is C17H24N4OS. The maximum Gasteiger partial charge on any atom is 0.205 e. The first-order valence-corrected chi connectivity index (χ1v) is 8.86. The Hall–Kier alpha value is -1.50. The Morgan fingerprint density at radius 3 is 2.78 bits per heavy atom. The lowest BCUT2D eigenvalue weighted by Crippen LogP contribution is -2.45. The van der Waals surface area contributed by atoms with Crippen molar-refractivity contribution in [3.63, 3.8) is 0 Å². The van der Waals surface area contributed by atoms with Crippen LogP contribution in [0.4, 0.5) is 5.13 Å². The molecule has 2 heterocycles. The summed E-state index contributed by atoms with van der Waals surface area (Å²) in [4.78, 5) is 9.49. The highest BCUT2D eigenvalue weighted by Crippen LogP contribution is 2.20. The van der Waals surface area contributed by atoms with Crippen LogP contribution in [-0.4, -0.2) is 54.2 Å². The van der Waals surface area contributed by atoms with E-state index < -0.39 is 0 Å². The Balaban J connectivity index is 1.51. The number of aryl methyl sites for hydroxylation is 1. The first-order chi connectivity index (χ1) is 11.2. The van der Waals surface area contributed by atoms with Gasteiger partial charge < -0.3 is 9.64 Å². The van der Waals surface area contributed by atoms with E-state index >= 15 is 0 Å². The van der Waals surface area contributed by atoms with Crippen molar-refractivity contribution in [3.8, 4) is 0 Å². The normalized spacial score (nSPS) is 16.0. The zero-order valence-corrected chi connectivity index (χ0v) is 14.7. The van der Waals surface area contributed by atoms with E-state index in [9.17, 15) is 0 Å². The maximum atomic E-state index is 5.08. The number of hydrogen-bond acceptors (Lipinski definition) is 6. The first kappa shape index (κ1) is 16.4. The van der Waals surface area contributed by atoms with Crippen molar-refractivity contribution in [1.82, 2.24) is 14.3 Å². The van der Waals surface area contributed by atoms with Crippen LogP contribution in [0.2, 0.25) is 0 Å². The summed E-state index contributed by atoms with van der Waals surface area (Å²) in [5.74, 6) is 0.897. The molecule has 3 rings (SSSR count). The van der Waals surface area contributed by atoms with Gasteiger partial charge in [0.05, 0.1) is 6.61 Å². The van der Waals surface area contributed by atoms with Gasteiger partial charge in [-0.3, -0.25) is 4.90 Å². The monoisotopic (exact) mass is 332 g/mol. The lowest BCUT2D eigenvalue weighted by molar-refractivity contribution is 0.201. The highest BCUT2D eigenvalue weighted by atomic mass is 32.1. The summed E-state index contributed by atoms with van der Waals surface area (Å²) in [6.07, 6.45) is 0.792. The molecule has 23 heavy (non-hydrogen) atoms. The Kier molecular flexibility index (Phi) is 5.59. The topological polar surface area (TPSA) is 41.5 Å². The molecule has 1 fully saturated rings. The molecule has 0 radical (unpaired) electrons. The molecule has 0 spiro atoms. The summed E-state index contributed by atoms with van der Waals surface area (Å²) in [6, 6.07) is 8.78. The summed E-state index contributed by atoms with van der Waals surface area (Å²) in [5.41, 5.74) is 2.73. The Bertz CT molecular complexity index is 623. The number of anilines is 1. The molecule has 6 heteroatoms. The molecule has 0 aliphatic carbocycles. The number of aromatic nitrogens is 2. The van der Waals surface area contributed by atoms with Gasteiger partial charge in [0, 0.05) is 57.8 Å². The van der Waals surface area contributed by atoms with Crippen LogP contribution in [0.3, 0.4) is 0 Å². The van der Waals surface area contributed by atoms with E-state index in [1.54, 1.807) is 7.11 Å².